The van der Waals surface area contributed by atoms with E-state index < -0.39 is 0 Å². The number of carbonyl (C=O) groups excluding carboxylic acids is 1. The van der Waals surface area contributed by atoms with Gasteiger partial charge in [0.2, 0.25) is 0 Å². The molecule has 0 aliphatic carbocycles. The van der Waals surface area contributed by atoms with Crippen LogP contribution in [0.25, 0.3) is 0 Å². The van der Waals surface area contributed by atoms with Gasteiger partial charge < -0.3 is 19.7 Å². The number of ether oxygens (including phenoxy) is 2. The Balaban J connectivity index is 1.48. The number of hydrogen-bond acceptors (Lipinski definition) is 4. The quantitative estimate of drug-likeness (QED) is 0.807. The second kappa shape index (κ2) is 9.65. The third kappa shape index (κ3) is 5.41. The van der Waals surface area contributed by atoms with Crippen LogP contribution in [0.2, 0.25) is 0 Å². The Morgan fingerprint density at radius 1 is 0.966 bits per heavy atom. The molecule has 0 saturated carbocycles. The van der Waals surface area contributed by atoms with Crippen molar-refractivity contribution in [2.75, 3.05) is 52.3 Å². The summed E-state index contributed by atoms with van der Waals surface area (Å²) in [7, 11) is 3.30. The molecule has 1 aliphatic rings. The van der Waals surface area contributed by atoms with Crippen LogP contribution in [0.4, 0.5) is 10.5 Å². The van der Waals surface area contributed by atoms with E-state index in [9.17, 15) is 4.79 Å². The molecule has 1 aliphatic heterocycles. The van der Waals surface area contributed by atoms with E-state index in [1.54, 1.807) is 14.2 Å². The van der Waals surface area contributed by atoms with E-state index >= 15 is 0 Å². The van der Waals surface area contributed by atoms with Crippen molar-refractivity contribution in [1.29, 1.82) is 0 Å². The topological polar surface area (TPSA) is 54.0 Å². The molecule has 0 radical (unpaired) electrons. The van der Waals surface area contributed by atoms with E-state index in [0.717, 1.165) is 67.5 Å². The Kier molecular flexibility index (Phi) is 6.99. The lowest BCUT2D eigenvalue weighted by Crippen LogP contribution is -2.50. The normalized spacial score (nSPS) is 14.6. The molecule has 0 spiro atoms. The Labute approximate surface area is 173 Å². The minimum atomic E-state index is -0.0155. The number of anilines is 1. The molecule has 0 bridgehead atoms. The van der Waals surface area contributed by atoms with Gasteiger partial charge in [0, 0.05) is 38.4 Å². The number of amides is 2. The number of aryl methyl sites for hydroxylation is 2. The maximum atomic E-state index is 12.6. The zero-order valence-electron chi connectivity index (χ0n) is 17.8. The van der Waals surface area contributed by atoms with Crippen LogP contribution in [-0.2, 0) is 6.42 Å². The molecule has 6 nitrogen and oxygen atoms in total. The smallest absolute Gasteiger partial charge is 0.321 e. The zero-order valence-corrected chi connectivity index (χ0v) is 17.8. The van der Waals surface area contributed by atoms with Gasteiger partial charge in [-0.05, 0) is 55.2 Å². The molecule has 1 fully saturated rings. The summed E-state index contributed by atoms with van der Waals surface area (Å²) in [5.74, 6) is 1.51. The SMILES string of the molecule is COc1ccc(CCN2CCN(C(=O)Nc3cc(C)ccc3C)CC2)cc1OC. The van der Waals surface area contributed by atoms with E-state index in [1.807, 2.05) is 43.0 Å². The van der Waals surface area contributed by atoms with Gasteiger partial charge in [-0.3, -0.25) is 4.90 Å². The van der Waals surface area contributed by atoms with Gasteiger partial charge in [-0.15, -0.1) is 0 Å². The molecule has 29 heavy (non-hydrogen) atoms. The van der Waals surface area contributed by atoms with E-state index in [-0.39, 0.29) is 6.03 Å². The van der Waals surface area contributed by atoms with Crippen LogP contribution < -0.4 is 14.8 Å². The van der Waals surface area contributed by atoms with Crippen molar-refractivity contribution in [3.05, 3.63) is 53.1 Å². The summed E-state index contributed by atoms with van der Waals surface area (Å²) in [6.45, 7) is 8.25. The molecule has 0 unspecified atom stereocenters. The Hall–Kier alpha value is -2.73. The van der Waals surface area contributed by atoms with Crippen molar-refractivity contribution in [1.82, 2.24) is 9.80 Å². The zero-order chi connectivity index (χ0) is 20.8. The number of nitrogens with zero attached hydrogens (tertiary/aromatic N) is 2. The van der Waals surface area contributed by atoms with E-state index in [1.165, 1.54) is 5.56 Å². The lowest BCUT2D eigenvalue weighted by Gasteiger charge is -2.34. The minimum Gasteiger partial charge on any atom is -0.493 e. The minimum absolute atomic E-state index is 0.0155. The first kappa shape index (κ1) is 21.0. The van der Waals surface area contributed by atoms with Crippen LogP contribution in [0.5, 0.6) is 11.5 Å². The van der Waals surface area contributed by atoms with Crippen LogP contribution >= 0.6 is 0 Å². The highest BCUT2D eigenvalue weighted by atomic mass is 16.5. The van der Waals surface area contributed by atoms with Crippen LogP contribution in [0, 0.1) is 13.8 Å². The van der Waals surface area contributed by atoms with Crippen molar-refractivity contribution < 1.29 is 14.3 Å². The van der Waals surface area contributed by atoms with Gasteiger partial charge in [0.05, 0.1) is 14.2 Å². The van der Waals surface area contributed by atoms with E-state index in [0.29, 0.717) is 0 Å². The fraction of sp³-hybridized carbons (Fsp3) is 0.435. The fourth-order valence-electron chi connectivity index (χ4n) is 3.56. The second-order valence-corrected chi connectivity index (χ2v) is 7.52. The van der Waals surface area contributed by atoms with Crippen LogP contribution in [-0.4, -0.2) is 62.8 Å². The molecule has 0 aromatic heterocycles. The summed E-state index contributed by atoms with van der Waals surface area (Å²) in [4.78, 5) is 16.9. The maximum absolute atomic E-state index is 12.6. The highest BCUT2D eigenvalue weighted by Crippen LogP contribution is 2.27. The third-order valence-electron chi connectivity index (χ3n) is 5.46. The summed E-state index contributed by atoms with van der Waals surface area (Å²) in [5.41, 5.74) is 4.34. The molecule has 3 rings (SSSR count). The lowest BCUT2D eigenvalue weighted by molar-refractivity contribution is 0.148. The van der Waals surface area contributed by atoms with Crippen molar-refractivity contribution in [3.63, 3.8) is 0 Å². The summed E-state index contributed by atoms with van der Waals surface area (Å²) in [6.07, 6.45) is 0.940. The number of piperazine rings is 1. The number of methoxy groups -OCH3 is 2. The van der Waals surface area contributed by atoms with Gasteiger partial charge in [0.25, 0.3) is 0 Å². The van der Waals surface area contributed by atoms with Crippen LogP contribution in [0.3, 0.4) is 0 Å². The Morgan fingerprint density at radius 3 is 2.38 bits per heavy atom. The van der Waals surface area contributed by atoms with Crippen molar-refractivity contribution in [2.24, 2.45) is 0 Å². The molecule has 6 heteroatoms. The predicted molar refractivity (Wildman–Crippen MR) is 116 cm³/mol. The molecular weight excluding hydrogens is 366 g/mol. The molecule has 156 valence electrons. The predicted octanol–water partition coefficient (Wildman–Crippen LogP) is 3.71. The third-order valence-corrected chi connectivity index (χ3v) is 5.46. The van der Waals surface area contributed by atoms with E-state index in [4.69, 9.17) is 9.47 Å². The largest absolute Gasteiger partial charge is 0.493 e. The summed E-state index contributed by atoms with van der Waals surface area (Å²) in [6, 6.07) is 12.2. The van der Waals surface area contributed by atoms with Gasteiger partial charge in [-0.25, -0.2) is 4.79 Å². The number of nitrogens with one attached hydrogen (secondary N) is 1. The average molecular weight is 398 g/mol. The number of hydrogen-bond donors (Lipinski definition) is 1. The first-order valence-corrected chi connectivity index (χ1v) is 10.1. The molecule has 2 amide bonds. The number of urea groups is 1. The lowest BCUT2D eigenvalue weighted by atomic mass is 10.1. The Morgan fingerprint density at radius 2 is 1.69 bits per heavy atom. The van der Waals surface area contributed by atoms with Crippen molar-refractivity contribution >= 4 is 11.7 Å². The maximum Gasteiger partial charge on any atom is 0.321 e. The fourth-order valence-corrected chi connectivity index (χ4v) is 3.56. The summed E-state index contributed by atoms with van der Waals surface area (Å²) in [5, 5.41) is 3.06. The first-order chi connectivity index (χ1) is 14.0. The highest BCUT2D eigenvalue weighted by molar-refractivity contribution is 5.90. The molecule has 1 saturated heterocycles. The number of carbonyl (C=O) groups is 1. The summed E-state index contributed by atoms with van der Waals surface area (Å²) >= 11 is 0. The molecule has 1 heterocycles. The van der Waals surface area contributed by atoms with Gasteiger partial charge >= 0.3 is 6.03 Å². The van der Waals surface area contributed by atoms with Crippen LogP contribution in [0.15, 0.2) is 36.4 Å². The summed E-state index contributed by atoms with van der Waals surface area (Å²) < 4.78 is 10.7. The molecule has 1 N–H and O–H groups in total. The monoisotopic (exact) mass is 397 g/mol. The number of rotatable bonds is 6. The molecule has 2 aromatic rings. The van der Waals surface area contributed by atoms with Gasteiger partial charge in [0.1, 0.15) is 0 Å². The van der Waals surface area contributed by atoms with Crippen molar-refractivity contribution in [3.8, 4) is 11.5 Å². The first-order valence-electron chi connectivity index (χ1n) is 10.1. The van der Waals surface area contributed by atoms with Gasteiger partial charge in [-0.2, -0.15) is 0 Å². The number of benzene rings is 2. The van der Waals surface area contributed by atoms with Gasteiger partial charge in [0.15, 0.2) is 11.5 Å². The highest BCUT2D eigenvalue weighted by Gasteiger charge is 2.21. The molecule has 2 aromatic carbocycles. The average Bonchev–Trinajstić information content (AvgIpc) is 2.74. The standard InChI is InChI=1S/C23H31N3O3/c1-17-5-6-18(2)20(15-17)24-23(27)26-13-11-25(12-14-26)10-9-19-7-8-21(28-3)22(16-19)29-4/h5-8,15-16H,9-14H2,1-4H3,(H,24,27). The molecule has 0 atom stereocenters. The molecular formula is C23H31N3O3. The van der Waals surface area contributed by atoms with Crippen molar-refractivity contribution in [2.45, 2.75) is 20.3 Å². The van der Waals surface area contributed by atoms with Crippen LogP contribution in [0.1, 0.15) is 16.7 Å². The van der Waals surface area contributed by atoms with Gasteiger partial charge in [-0.1, -0.05) is 18.2 Å². The second-order valence-electron chi connectivity index (χ2n) is 7.52. The Bertz CT molecular complexity index is 845. The van der Waals surface area contributed by atoms with E-state index in [2.05, 4.69) is 22.3 Å².